The molecule has 0 aromatic heterocycles. The number of fused-ring (bicyclic) bond motifs is 2. The van der Waals surface area contributed by atoms with E-state index in [1.165, 1.54) is 0 Å². The third kappa shape index (κ3) is 6.21. The lowest BCUT2D eigenvalue weighted by Crippen LogP contribution is -2.54. The van der Waals surface area contributed by atoms with Crippen LogP contribution in [0, 0.1) is 11.3 Å². The topological polar surface area (TPSA) is 152 Å². The fourth-order valence-electron chi connectivity index (χ4n) is 7.87. The second-order valence-corrected chi connectivity index (χ2v) is 14.3. The smallest absolute Gasteiger partial charge is 0.262 e. The molecule has 3 fully saturated rings. The zero-order valence-corrected chi connectivity index (χ0v) is 28.4. The summed E-state index contributed by atoms with van der Waals surface area (Å²) in [6, 6.07) is 17.8. The summed E-state index contributed by atoms with van der Waals surface area (Å²) in [5.41, 5.74) is 4.79. The zero-order valence-electron chi connectivity index (χ0n) is 27.7. The third-order valence-corrected chi connectivity index (χ3v) is 11.1. The van der Waals surface area contributed by atoms with E-state index in [1.54, 1.807) is 18.2 Å². The summed E-state index contributed by atoms with van der Waals surface area (Å²) >= 11 is 6.10. The van der Waals surface area contributed by atoms with Crippen molar-refractivity contribution in [2.75, 3.05) is 18.0 Å². The first-order valence-corrected chi connectivity index (χ1v) is 17.7. The van der Waals surface area contributed by atoms with Gasteiger partial charge in [-0.05, 0) is 78.9 Å². The van der Waals surface area contributed by atoms with E-state index < -0.39 is 29.7 Å². The van der Waals surface area contributed by atoms with Crippen molar-refractivity contribution in [3.05, 3.63) is 93.0 Å². The lowest BCUT2D eigenvalue weighted by Gasteiger charge is -2.38. The highest BCUT2D eigenvalue weighted by atomic mass is 35.5. The molecule has 3 aromatic rings. The van der Waals surface area contributed by atoms with Crippen molar-refractivity contribution in [1.29, 1.82) is 5.26 Å². The van der Waals surface area contributed by atoms with Crippen LogP contribution in [0.15, 0.2) is 54.6 Å². The number of anilines is 1. The maximum absolute atomic E-state index is 13.3. The number of carbonyl (C=O) groups is 5. The molecule has 51 heavy (non-hydrogen) atoms. The average molecular weight is 707 g/mol. The molecule has 1 aliphatic carbocycles. The molecule has 1 atom stereocenters. The summed E-state index contributed by atoms with van der Waals surface area (Å²) in [7, 11) is 0. The molecule has 3 aromatic carbocycles. The first-order valence-electron chi connectivity index (χ1n) is 17.3. The molecule has 1 saturated carbocycles. The van der Waals surface area contributed by atoms with E-state index in [4.69, 9.17) is 21.6 Å². The number of carbonyl (C=O) groups excluding carboxylic acids is 5. The summed E-state index contributed by atoms with van der Waals surface area (Å²) in [5.74, 6) is -1.45. The molecule has 0 radical (unpaired) electrons. The molecule has 2 saturated heterocycles. The molecule has 0 spiro atoms. The van der Waals surface area contributed by atoms with Crippen LogP contribution >= 0.6 is 11.6 Å². The van der Waals surface area contributed by atoms with Gasteiger partial charge in [-0.3, -0.25) is 39.1 Å². The quantitative estimate of drug-likeness (QED) is 0.348. The number of nitrogens with zero attached hydrogens (tertiary/aromatic N) is 4. The van der Waals surface area contributed by atoms with Crippen LogP contribution in [-0.2, 0) is 22.7 Å². The number of hydrogen-bond acceptors (Lipinski definition) is 9. The normalized spacial score (nSPS) is 23.3. The van der Waals surface area contributed by atoms with Crippen LogP contribution in [0.3, 0.4) is 0 Å². The van der Waals surface area contributed by atoms with Gasteiger partial charge in [0.2, 0.25) is 11.8 Å². The summed E-state index contributed by atoms with van der Waals surface area (Å²) in [6.45, 7) is 3.11. The minimum absolute atomic E-state index is 0.0219. The fourth-order valence-corrected chi connectivity index (χ4v) is 8.08. The molecule has 8 rings (SSSR count). The first-order chi connectivity index (χ1) is 24.6. The van der Waals surface area contributed by atoms with E-state index in [-0.39, 0.29) is 30.9 Å². The Morgan fingerprint density at radius 2 is 1.57 bits per heavy atom. The largest absolute Gasteiger partial charge is 0.490 e. The highest BCUT2D eigenvalue weighted by molar-refractivity contribution is 6.31. The lowest BCUT2D eigenvalue weighted by atomic mass is 9.89. The minimum Gasteiger partial charge on any atom is -0.490 e. The van der Waals surface area contributed by atoms with Gasteiger partial charge < -0.3 is 15.0 Å². The molecular weight excluding hydrogens is 672 g/mol. The molecule has 1 unspecified atom stereocenters. The van der Waals surface area contributed by atoms with Crippen LogP contribution in [-0.4, -0.2) is 76.7 Å². The van der Waals surface area contributed by atoms with Crippen LogP contribution in [0.1, 0.15) is 86.3 Å². The molecule has 4 heterocycles. The molecule has 12 nitrogen and oxygen atoms in total. The monoisotopic (exact) mass is 706 g/mol. The van der Waals surface area contributed by atoms with Gasteiger partial charge in [0.25, 0.3) is 17.7 Å². The summed E-state index contributed by atoms with van der Waals surface area (Å²) < 4.78 is 5.94. The van der Waals surface area contributed by atoms with Crippen LogP contribution in [0.2, 0.25) is 5.02 Å². The van der Waals surface area contributed by atoms with Gasteiger partial charge in [0.05, 0.1) is 21.7 Å². The van der Waals surface area contributed by atoms with Gasteiger partial charge in [0, 0.05) is 74.8 Å². The Balaban J connectivity index is 0.809. The predicted molar refractivity (Wildman–Crippen MR) is 185 cm³/mol. The highest BCUT2D eigenvalue weighted by Gasteiger charge is 2.45. The van der Waals surface area contributed by atoms with E-state index in [2.05, 4.69) is 20.4 Å². The van der Waals surface area contributed by atoms with Crippen LogP contribution in [0.5, 0.6) is 5.75 Å². The lowest BCUT2D eigenvalue weighted by molar-refractivity contribution is -0.136. The van der Waals surface area contributed by atoms with Gasteiger partial charge in [-0.1, -0.05) is 11.6 Å². The SMILES string of the molecule is N#Cc1ccc(O[C@H]2C[C@H](NC(=O)c3ccc(N4CCC(N5Cc6cc7c(cc6C5)C(=O)N(C5CCC(=O)NC5=O)C7=O)CC4)cc3)C2)cc1Cl. The number of nitrogens with one attached hydrogen (secondary N) is 2. The number of hydrogen-bond donors (Lipinski definition) is 2. The number of imide groups is 2. The molecular formula is C38H35ClN6O6. The van der Waals surface area contributed by atoms with Gasteiger partial charge in [0.1, 0.15) is 24.0 Å². The number of amides is 5. The molecule has 5 amide bonds. The standard InChI is InChI=1S/C38H35ClN6O6/c39-32-17-28(6-3-22(32)18-40)51-29-15-25(16-29)41-35(47)21-1-4-26(5-2-21)43-11-9-27(10-12-43)44-19-23-13-30-31(14-24(23)20-44)38(50)45(37(30)49)33-7-8-34(46)42-36(33)48/h1-6,13-14,17,25,27,29,33H,7-12,15-16,19-20H2,(H,41,47)(H,42,46,48)/t25-,29-,33?. The van der Waals surface area contributed by atoms with E-state index >= 15 is 0 Å². The van der Waals surface area contributed by atoms with Crippen LogP contribution in [0.4, 0.5) is 5.69 Å². The molecule has 4 aliphatic heterocycles. The van der Waals surface area contributed by atoms with E-state index in [0.717, 1.165) is 47.6 Å². The van der Waals surface area contributed by atoms with Gasteiger partial charge in [-0.2, -0.15) is 5.26 Å². The summed E-state index contributed by atoms with van der Waals surface area (Å²) in [5, 5.41) is 14.7. The Hall–Kier alpha value is -5.25. The fraction of sp³-hybridized carbons (Fsp3) is 0.368. The van der Waals surface area contributed by atoms with Crippen molar-refractivity contribution in [2.24, 2.45) is 0 Å². The highest BCUT2D eigenvalue weighted by Crippen LogP contribution is 2.36. The van der Waals surface area contributed by atoms with E-state index in [9.17, 15) is 24.0 Å². The number of rotatable bonds is 7. The Kier molecular flexibility index (Phi) is 8.48. The Bertz CT molecular complexity index is 1970. The third-order valence-electron chi connectivity index (χ3n) is 10.8. The second kappa shape index (κ2) is 13.1. The van der Waals surface area contributed by atoms with Gasteiger partial charge in [-0.25, -0.2) is 0 Å². The average Bonchev–Trinajstić information content (AvgIpc) is 3.64. The predicted octanol–water partition coefficient (Wildman–Crippen LogP) is 3.94. The Labute approximate surface area is 299 Å². The number of halogens is 1. The number of nitriles is 1. The maximum atomic E-state index is 13.3. The number of ether oxygens (including phenoxy) is 1. The summed E-state index contributed by atoms with van der Waals surface area (Å²) in [6.07, 6.45) is 3.51. The van der Waals surface area contributed by atoms with E-state index in [1.807, 2.05) is 42.5 Å². The van der Waals surface area contributed by atoms with Gasteiger partial charge >= 0.3 is 0 Å². The summed E-state index contributed by atoms with van der Waals surface area (Å²) in [4.78, 5) is 69.3. The van der Waals surface area contributed by atoms with Crippen LogP contribution in [0.25, 0.3) is 0 Å². The maximum Gasteiger partial charge on any atom is 0.262 e. The number of benzene rings is 3. The van der Waals surface area contributed by atoms with Crippen molar-refractivity contribution in [3.8, 4) is 11.8 Å². The first kappa shape index (κ1) is 32.9. The van der Waals surface area contributed by atoms with Gasteiger partial charge in [-0.15, -0.1) is 0 Å². The molecule has 2 N–H and O–H groups in total. The number of piperidine rings is 2. The van der Waals surface area contributed by atoms with Gasteiger partial charge in [0.15, 0.2) is 0 Å². The molecule has 0 bridgehead atoms. The van der Waals surface area contributed by atoms with Crippen molar-refractivity contribution in [2.45, 2.75) is 75.8 Å². The van der Waals surface area contributed by atoms with Crippen LogP contribution < -0.4 is 20.3 Å². The van der Waals surface area contributed by atoms with Crippen molar-refractivity contribution < 1.29 is 28.7 Å². The minimum atomic E-state index is -0.968. The molecule has 13 heteroatoms. The zero-order chi connectivity index (χ0) is 35.4. The Morgan fingerprint density at radius 3 is 2.18 bits per heavy atom. The van der Waals surface area contributed by atoms with Crippen molar-refractivity contribution in [1.82, 2.24) is 20.4 Å². The van der Waals surface area contributed by atoms with E-state index in [0.29, 0.717) is 65.0 Å². The molecule has 260 valence electrons. The second-order valence-electron chi connectivity index (χ2n) is 13.9. The molecule has 5 aliphatic rings. The Morgan fingerprint density at radius 1 is 0.902 bits per heavy atom. The van der Waals surface area contributed by atoms with Crippen molar-refractivity contribution >= 4 is 46.8 Å². The van der Waals surface area contributed by atoms with Crippen molar-refractivity contribution in [3.63, 3.8) is 0 Å².